The molecular formula is C17H18N2O3S2. The van der Waals surface area contributed by atoms with Crippen molar-refractivity contribution in [2.24, 2.45) is 0 Å². The van der Waals surface area contributed by atoms with E-state index in [4.69, 9.17) is 17.0 Å². The summed E-state index contributed by atoms with van der Waals surface area (Å²) in [5, 5.41) is 6.24. The van der Waals surface area contributed by atoms with Crippen LogP contribution in [0.4, 0.5) is 5.00 Å². The van der Waals surface area contributed by atoms with Gasteiger partial charge in [0.05, 0.1) is 12.2 Å². The minimum Gasteiger partial charge on any atom is -0.462 e. The van der Waals surface area contributed by atoms with Gasteiger partial charge >= 0.3 is 5.97 Å². The number of rotatable bonds is 4. The lowest BCUT2D eigenvalue weighted by Crippen LogP contribution is -2.34. The Balaban J connectivity index is 2.13. The molecule has 0 unspecified atom stereocenters. The van der Waals surface area contributed by atoms with E-state index < -0.39 is 5.97 Å². The number of amides is 1. The molecule has 7 heteroatoms. The second-order valence-corrected chi connectivity index (χ2v) is 6.62. The fourth-order valence-electron chi connectivity index (χ4n) is 2.06. The number of nitrogens with one attached hydrogen (secondary N) is 2. The van der Waals surface area contributed by atoms with Gasteiger partial charge in [0, 0.05) is 10.4 Å². The van der Waals surface area contributed by atoms with Crippen LogP contribution in [0.5, 0.6) is 0 Å². The molecule has 2 rings (SSSR count). The Morgan fingerprint density at radius 2 is 1.88 bits per heavy atom. The molecule has 126 valence electrons. The van der Waals surface area contributed by atoms with E-state index in [9.17, 15) is 9.59 Å². The summed E-state index contributed by atoms with van der Waals surface area (Å²) in [5.41, 5.74) is 1.81. The van der Waals surface area contributed by atoms with Crippen LogP contribution in [0.2, 0.25) is 0 Å². The molecule has 24 heavy (non-hydrogen) atoms. The molecule has 0 saturated heterocycles. The Bertz CT molecular complexity index is 770. The number of carbonyl (C=O) groups excluding carboxylic acids is 2. The Labute approximate surface area is 150 Å². The van der Waals surface area contributed by atoms with Gasteiger partial charge in [-0.2, -0.15) is 0 Å². The van der Waals surface area contributed by atoms with Gasteiger partial charge in [-0.05, 0) is 50.7 Å². The van der Waals surface area contributed by atoms with Crippen molar-refractivity contribution in [1.82, 2.24) is 5.32 Å². The van der Waals surface area contributed by atoms with Gasteiger partial charge in [-0.25, -0.2) is 4.79 Å². The fraction of sp³-hybridized carbons (Fsp3) is 0.235. The van der Waals surface area contributed by atoms with E-state index in [2.05, 4.69) is 10.6 Å². The van der Waals surface area contributed by atoms with Crippen LogP contribution in [-0.4, -0.2) is 23.6 Å². The van der Waals surface area contributed by atoms with Crippen LogP contribution in [0, 0.1) is 13.8 Å². The number of carbonyl (C=O) groups is 2. The van der Waals surface area contributed by atoms with Gasteiger partial charge in [0.1, 0.15) is 5.00 Å². The summed E-state index contributed by atoms with van der Waals surface area (Å²) in [7, 11) is 0. The maximum Gasteiger partial charge on any atom is 0.341 e. The summed E-state index contributed by atoms with van der Waals surface area (Å²) in [6.45, 7) is 5.82. The van der Waals surface area contributed by atoms with E-state index >= 15 is 0 Å². The standard InChI is InChI=1S/C17H18N2O3S2/c1-4-22-16(21)13-10(2)11(3)24-15(13)19-17(23)18-14(20)12-8-6-5-7-9-12/h5-9H,4H2,1-3H3,(H2,18,19,20,23). The Morgan fingerprint density at radius 1 is 1.21 bits per heavy atom. The molecule has 0 aliphatic rings. The van der Waals surface area contributed by atoms with Crippen molar-refractivity contribution in [1.29, 1.82) is 0 Å². The number of benzene rings is 1. The summed E-state index contributed by atoms with van der Waals surface area (Å²) in [6, 6.07) is 8.77. The van der Waals surface area contributed by atoms with Crippen molar-refractivity contribution in [2.45, 2.75) is 20.8 Å². The van der Waals surface area contributed by atoms with Crippen molar-refractivity contribution < 1.29 is 14.3 Å². The van der Waals surface area contributed by atoms with Gasteiger partial charge in [-0.3, -0.25) is 10.1 Å². The Hall–Kier alpha value is -2.25. The zero-order valence-electron chi connectivity index (χ0n) is 13.6. The summed E-state index contributed by atoms with van der Waals surface area (Å²) < 4.78 is 5.09. The van der Waals surface area contributed by atoms with Gasteiger partial charge in [0.2, 0.25) is 0 Å². The van der Waals surface area contributed by atoms with Gasteiger partial charge in [-0.15, -0.1) is 11.3 Å². The first-order chi connectivity index (χ1) is 11.4. The maximum absolute atomic E-state index is 12.1. The Kier molecular flexibility index (Phi) is 6.05. The highest BCUT2D eigenvalue weighted by molar-refractivity contribution is 7.80. The summed E-state index contributed by atoms with van der Waals surface area (Å²) >= 11 is 6.58. The van der Waals surface area contributed by atoms with Crippen molar-refractivity contribution in [3.8, 4) is 0 Å². The monoisotopic (exact) mass is 362 g/mol. The molecule has 0 spiro atoms. The molecule has 0 radical (unpaired) electrons. The predicted octanol–water partition coefficient (Wildman–Crippen LogP) is 3.67. The molecule has 1 aromatic heterocycles. The van der Waals surface area contributed by atoms with Crippen LogP contribution in [0.25, 0.3) is 0 Å². The molecule has 0 saturated carbocycles. The van der Waals surface area contributed by atoms with Crippen molar-refractivity contribution >= 4 is 45.5 Å². The molecule has 2 N–H and O–H groups in total. The maximum atomic E-state index is 12.1. The van der Waals surface area contributed by atoms with Gasteiger partial charge in [0.15, 0.2) is 5.11 Å². The van der Waals surface area contributed by atoms with Crippen LogP contribution < -0.4 is 10.6 Å². The highest BCUT2D eigenvalue weighted by atomic mass is 32.1. The van der Waals surface area contributed by atoms with Crippen molar-refractivity contribution in [3.63, 3.8) is 0 Å². The average Bonchev–Trinajstić information content (AvgIpc) is 2.82. The molecule has 2 aromatic rings. The number of thiocarbonyl (C=S) groups is 1. The highest BCUT2D eigenvalue weighted by Gasteiger charge is 2.21. The third-order valence-corrected chi connectivity index (χ3v) is 4.68. The van der Waals surface area contributed by atoms with Crippen LogP contribution in [0.1, 0.15) is 38.1 Å². The minimum atomic E-state index is -0.404. The predicted molar refractivity (Wildman–Crippen MR) is 99.9 cm³/mol. The highest BCUT2D eigenvalue weighted by Crippen LogP contribution is 2.33. The summed E-state index contributed by atoms with van der Waals surface area (Å²) in [4.78, 5) is 25.2. The van der Waals surface area contributed by atoms with Crippen LogP contribution in [0.3, 0.4) is 0 Å². The number of hydrogen-bond acceptors (Lipinski definition) is 5. The second-order valence-electron chi connectivity index (χ2n) is 4.98. The second kappa shape index (κ2) is 8.03. The van der Waals surface area contributed by atoms with Crippen LogP contribution in [0.15, 0.2) is 30.3 Å². The third-order valence-electron chi connectivity index (χ3n) is 3.35. The normalized spacial score (nSPS) is 10.1. The van der Waals surface area contributed by atoms with E-state index in [0.29, 0.717) is 22.7 Å². The van der Waals surface area contributed by atoms with E-state index in [0.717, 1.165) is 10.4 Å². The average molecular weight is 362 g/mol. The van der Waals surface area contributed by atoms with Crippen molar-refractivity contribution in [3.05, 3.63) is 51.9 Å². The molecule has 1 aromatic carbocycles. The van der Waals surface area contributed by atoms with Crippen molar-refractivity contribution in [2.75, 3.05) is 11.9 Å². The molecule has 0 atom stereocenters. The first kappa shape index (κ1) is 18.1. The van der Waals surface area contributed by atoms with Gasteiger partial charge < -0.3 is 10.1 Å². The smallest absolute Gasteiger partial charge is 0.341 e. The number of esters is 1. The van der Waals surface area contributed by atoms with Gasteiger partial charge in [-0.1, -0.05) is 18.2 Å². The van der Waals surface area contributed by atoms with Gasteiger partial charge in [0.25, 0.3) is 5.91 Å². The topological polar surface area (TPSA) is 67.4 Å². The molecule has 1 amide bonds. The molecule has 5 nitrogen and oxygen atoms in total. The first-order valence-electron chi connectivity index (χ1n) is 7.38. The lowest BCUT2D eigenvalue weighted by molar-refractivity contribution is 0.0527. The lowest BCUT2D eigenvalue weighted by Gasteiger charge is -2.10. The SMILES string of the molecule is CCOC(=O)c1c(NC(=S)NC(=O)c2ccccc2)sc(C)c1C. The number of thiophene rings is 1. The number of ether oxygens (including phenoxy) is 1. The number of anilines is 1. The lowest BCUT2D eigenvalue weighted by atomic mass is 10.1. The van der Waals surface area contributed by atoms with E-state index in [-0.39, 0.29) is 11.0 Å². The molecule has 1 heterocycles. The third kappa shape index (κ3) is 4.18. The number of aryl methyl sites for hydroxylation is 1. The van der Waals surface area contributed by atoms with E-state index in [1.165, 1.54) is 11.3 Å². The van der Waals surface area contributed by atoms with E-state index in [1.807, 2.05) is 19.9 Å². The van der Waals surface area contributed by atoms with E-state index in [1.54, 1.807) is 31.2 Å². The molecule has 0 aliphatic heterocycles. The quantitative estimate of drug-likeness (QED) is 0.642. The first-order valence-corrected chi connectivity index (χ1v) is 8.61. The fourth-order valence-corrected chi connectivity index (χ4v) is 3.38. The molecule has 0 fully saturated rings. The summed E-state index contributed by atoms with van der Waals surface area (Å²) in [6.07, 6.45) is 0. The van der Waals surface area contributed by atoms with Crippen LogP contribution >= 0.6 is 23.6 Å². The zero-order chi connectivity index (χ0) is 17.7. The zero-order valence-corrected chi connectivity index (χ0v) is 15.3. The summed E-state index contributed by atoms with van der Waals surface area (Å²) in [5.74, 6) is -0.713. The molecular weight excluding hydrogens is 344 g/mol. The molecule has 0 bridgehead atoms. The molecule has 0 aliphatic carbocycles. The largest absolute Gasteiger partial charge is 0.462 e. The number of hydrogen-bond donors (Lipinski definition) is 2. The minimum absolute atomic E-state index is 0.135. The van der Waals surface area contributed by atoms with Crippen LogP contribution in [-0.2, 0) is 4.74 Å². The Morgan fingerprint density at radius 3 is 2.50 bits per heavy atom.